The standard InChI is InChI=1S/C8H10FN3O4S/c9-7-5-6(12(13)14)1-2-8(7)11-3-4-17(10,15)16/h1-2,5,11H,3-4H2,(H2,10,15,16). The number of non-ortho nitro benzene ring substituents is 1. The van der Waals surface area contributed by atoms with E-state index in [1.807, 2.05) is 0 Å². The maximum absolute atomic E-state index is 13.3. The summed E-state index contributed by atoms with van der Waals surface area (Å²) < 4.78 is 34.5. The predicted octanol–water partition coefficient (Wildman–Crippen LogP) is 0.434. The fourth-order valence-electron chi connectivity index (χ4n) is 1.09. The maximum atomic E-state index is 13.3. The van der Waals surface area contributed by atoms with Crippen LogP contribution in [0.15, 0.2) is 18.2 Å². The fraction of sp³-hybridized carbons (Fsp3) is 0.250. The van der Waals surface area contributed by atoms with Gasteiger partial charge >= 0.3 is 0 Å². The van der Waals surface area contributed by atoms with Crippen molar-refractivity contribution >= 4 is 21.4 Å². The lowest BCUT2D eigenvalue weighted by Crippen LogP contribution is -2.22. The van der Waals surface area contributed by atoms with Gasteiger partial charge in [0.1, 0.15) is 0 Å². The van der Waals surface area contributed by atoms with E-state index in [1.165, 1.54) is 0 Å². The molecule has 0 unspecified atom stereocenters. The Morgan fingerprint density at radius 1 is 1.47 bits per heavy atom. The third-order valence-corrected chi connectivity index (χ3v) is 2.64. The van der Waals surface area contributed by atoms with Gasteiger partial charge in [-0.2, -0.15) is 0 Å². The minimum Gasteiger partial charge on any atom is -0.382 e. The van der Waals surface area contributed by atoms with E-state index in [-0.39, 0.29) is 23.7 Å². The molecular weight excluding hydrogens is 253 g/mol. The number of nitrogens with one attached hydrogen (secondary N) is 1. The highest BCUT2D eigenvalue weighted by molar-refractivity contribution is 7.89. The van der Waals surface area contributed by atoms with Crippen molar-refractivity contribution < 1.29 is 17.7 Å². The van der Waals surface area contributed by atoms with Gasteiger partial charge in [0, 0.05) is 12.6 Å². The first-order valence-corrected chi connectivity index (χ1v) is 6.19. The number of sulfonamides is 1. The summed E-state index contributed by atoms with van der Waals surface area (Å²) >= 11 is 0. The molecule has 0 spiro atoms. The topological polar surface area (TPSA) is 115 Å². The molecule has 1 aromatic rings. The van der Waals surface area contributed by atoms with Gasteiger partial charge in [-0.05, 0) is 6.07 Å². The fourth-order valence-corrected chi connectivity index (χ4v) is 1.48. The quantitative estimate of drug-likeness (QED) is 0.590. The first-order valence-electron chi connectivity index (χ1n) is 4.48. The Balaban J connectivity index is 2.70. The Hall–Kier alpha value is -1.74. The molecule has 0 aliphatic heterocycles. The summed E-state index contributed by atoms with van der Waals surface area (Å²) in [4.78, 5) is 9.61. The van der Waals surface area contributed by atoms with Crippen LogP contribution < -0.4 is 10.5 Å². The highest BCUT2D eigenvalue weighted by Crippen LogP contribution is 2.20. The number of nitro benzene ring substituents is 1. The molecule has 0 fully saturated rings. The molecule has 0 saturated carbocycles. The molecule has 7 nitrogen and oxygen atoms in total. The van der Waals surface area contributed by atoms with Crippen LogP contribution in [0, 0.1) is 15.9 Å². The molecule has 1 aromatic carbocycles. The molecule has 1 rings (SSSR count). The highest BCUT2D eigenvalue weighted by atomic mass is 32.2. The number of halogens is 1. The normalized spacial score (nSPS) is 11.2. The largest absolute Gasteiger partial charge is 0.382 e. The zero-order chi connectivity index (χ0) is 13.1. The van der Waals surface area contributed by atoms with Crippen molar-refractivity contribution in [1.82, 2.24) is 0 Å². The lowest BCUT2D eigenvalue weighted by molar-refractivity contribution is -0.385. The third kappa shape index (κ3) is 4.33. The number of benzene rings is 1. The van der Waals surface area contributed by atoms with Crippen molar-refractivity contribution in [3.05, 3.63) is 34.1 Å². The van der Waals surface area contributed by atoms with Crippen molar-refractivity contribution in [2.75, 3.05) is 17.6 Å². The van der Waals surface area contributed by atoms with Gasteiger partial charge in [0.05, 0.1) is 22.4 Å². The van der Waals surface area contributed by atoms with Crippen molar-refractivity contribution in [2.24, 2.45) is 5.14 Å². The number of nitrogens with zero attached hydrogens (tertiary/aromatic N) is 1. The summed E-state index contributed by atoms with van der Waals surface area (Å²) in [7, 11) is -3.62. The number of hydrogen-bond acceptors (Lipinski definition) is 5. The second kappa shape index (κ2) is 5.06. The Morgan fingerprint density at radius 3 is 2.59 bits per heavy atom. The molecule has 9 heteroatoms. The summed E-state index contributed by atoms with van der Waals surface area (Å²) in [6, 6.07) is 3.03. The van der Waals surface area contributed by atoms with Crippen molar-refractivity contribution in [3.63, 3.8) is 0 Å². The van der Waals surface area contributed by atoms with E-state index in [2.05, 4.69) is 5.32 Å². The van der Waals surface area contributed by atoms with E-state index in [4.69, 9.17) is 5.14 Å². The molecule has 0 aromatic heterocycles. The SMILES string of the molecule is NS(=O)(=O)CCNc1ccc([N+](=O)[O-])cc1F. The molecule has 0 aliphatic carbocycles. The second-order valence-corrected chi connectivity index (χ2v) is 4.95. The summed E-state index contributed by atoms with van der Waals surface area (Å²) in [5, 5.41) is 17.6. The second-order valence-electron chi connectivity index (χ2n) is 3.22. The molecule has 0 radical (unpaired) electrons. The predicted molar refractivity (Wildman–Crippen MR) is 59.5 cm³/mol. The Morgan fingerprint density at radius 2 is 2.12 bits per heavy atom. The van der Waals surface area contributed by atoms with Crippen LogP contribution in [-0.4, -0.2) is 25.6 Å². The number of primary sulfonamides is 1. The zero-order valence-electron chi connectivity index (χ0n) is 8.59. The Bertz CT molecular complexity index is 532. The van der Waals surface area contributed by atoms with Crippen LogP contribution in [0.2, 0.25) is 0 Å². The summed E-state index contributed by atoms with van der Waals surface area (Å²) in [6.07, 6.45) is 0. The lowest BCUT2D eigenvalue weighted by Gasteiger charge is -2.06. The van der Waals surface area contributed by atoms with Gasteiger partial charge < -0.3 is 5.32 Å². The molecule has 94 valence electrons. The smallest absolute Gasteiger partial charge is 0.272 e. The average molecular weight is 263 g/mol. The van der Waals surface area contributed by atoms with Crippen LogP contribution in [0.25, 0.3) is 0 Å². The van der Waals surface area contributed by atoms with Crippen LogP contribution in [0.5, 0.6) is 0 Å². The van der Waals surface area contributed by atoms with E-state index in [9.17, 15) is 22.9 Å². The Kier molecular flexibility index (Phi) is 3.97. The minimum atomic E-state index is -3.62. The number of hydrogen-bond donors (Lipinski definition) is 2. The van der Waals surface area contributed by atoms with Crippen LogP contribution in [0.1, 0.15) is 0 Å². The van der Waals surface area contributed by atoms with Crippen molar-refractivity contribution in [3.8, 4) is 0 Å². The third-order valence-electron chi connectivity index (χ3n) is 1.87. The van der Waals surface area contributed by atoms with E-state index < -0.39 is 20.8 Å². The van der Waals surface area contributed by atoms with Crippen molar-refractivity contribution in [2.45, 2.75) is 0 Å². The van der Waals surface area contributed by atoms with Crippen LogP contribution in [0.4, 0.5) is 15.8 Å². The molecule has 0 bridgehead atoms. The maximum Gasteiger partial charge on any atom is 0.272 e. The molecule has 17 heavy (non-hydrogen) atoms. The average Bonchev–Trinajstić information content (AvgIpc) is 2.18. The van der Waals surface area contributed by atoms with Crippen LogP contribution in [0.3, 0.4) is 0 Å². The van der Waals surface area contributed by atoms with Gasteiger partial charge in [-0.1, -0.05) is 0 Å². The van der Waals surface area contributed by atoms with E-state index >= 15 is 0 Å². The number of anilines is 1. The van der Waals surface area contributed by atoms with Gasteiger partial charge in [-0.3, -0.25) is 10.1 Å². The van der Waals surface area contributed by atoms with Crippen LogP contribution in [-0.2, 0) is 10.0 Å². The first-order chi connectivity index (χ1) is 7.79. The molecule has 0 aliphatic rings. The monoisotopic (exact) mass is 263 g/mol. The van der Waals surface area contributed by atoms with Gasteiger partial charge in [0.15, 0.2) is 5.82 Å². The molecule has 0 amide bonds. The first kappa shape index (κ1) is 13.3. The van der Waals surface area contributed by atoms with Gasteiger partial charge in [0.2, 0.25) is 10.0 Å². The minimum absolute atomic E-state index is 0.0146. The Labute approximate surface area is 96.6 Å². The van der Waals surface area contributed by atoms with Gasteiger partial charge in [0.25, 0.3) is 5.69 Å². The van der Waals surface area contributed by atoms with E-state index in [0.717, 1.165) is 18.2 Å². The van der Waals surface area contributed by atoms with Gasteiger partial charge in [-0.15, -0.1) is 0 Å². The molecule has 3 N–H and O–H groups in total. The zero-order valence-corrected chi connectivity index (χ0v) is 9.41. The van der Waals surface area contributed by atoms with Crippen LogP contribution >= 0.6 is 0 Å². The van der Waals surface area contributed by atoms with E-state index in [1.54, 1.807) is 0 Å². The number of nitrogens with two attached hydrogens (primary N) is 1. The summed E-state index contributed by atoms with van der Waals surface area (Å²) in [5.41, 5.74) is -0.390. The highest BCUT2D eigenvalue weighted by Gasteiger charge is 2.10. The molecular formula is C8H10FN3O4S. The molecule has 0 atom stereocenters. The number of rotatable bonds is 5. The number of nitro groups is 1. The summed E-state index contributed by atoms with van der Waals surface area (Å²) in [6.45, 7) is -0.0758. The van der Waals surface area contributed by atoms with Gasteiger partial charge in [-0.25, -0.2) is 17.9 Å². The molecule has 0 heterocycles. The van der Waals surface area contributed by atoms with E-state index in [0.29, 0.717) is 0 Å². The summed E-state index contributed by atoms with van der Waals surface area (Å²) in [5.74, 6) is -1.18. The molecule has 0 saturated heterocycles. The lowest BCUT2D eigenvalue weighted by atomic mass is 10.2. The van der Waals surface area contributed by atoms with Crippen molar-refractivity contribution in [1.29, 1.82) is 0 Å².